The van der Waals surface area contributed by atoms with Crippen LogP contribution in [0.3, 0.4) is 0 Å². The summed E-state index contributed by atoms with van der Waals surface area (Å²) in [4.78, 5) is 4.80. The highest BCUT2D eigenvalue weighted by molar-refractivity contribution is 5.98. The van der Waals surface area contributed by atoms with Crippen LogP contribution in [0.15, 0.2) is 17.3 Å². The molecule has 0 saturated carbocycles. The van der Waals surface area contributed by atoms with Gasteiger partial charge in [-0.2, -0.15) is 0 Å². The number of oxime groups is 1. The Morgan fingerprint density at radius 3 is 2.15 bits per heavy atom. The fourth-order valence-corrected chi connectivity index (χ4v) is 0.799. The lowest BCUT2D eigenvalue weighted by Crippen LogP contribution is -2.18. The minimum Gasteiger partial charge on any atom is -0.399 e. The molecule has 0 aromatic rings. The van der Waals surface area contributed by atoms with Gasteiger partial charge in [0.2, 0.25) is 0 Å². The zero-order chi connectivity index (χ0) is 10.5. The molecule has 0 heterocycles. The van der Waals surface area contributed by atoms with Crippen molar-refractivity contribution in [3.05, 3.63) is 12.2 Å². The van der Waals surface area contributed by atoms with Gasteiger partial charge in [-0.05, 0) is 12.0 Å². The first kappa shape index (κ1) is 12.2. The Balaban J connectivity index is 4.56. The fraction of sp³-hybridized carbons (Fsp3) is 0.727. The summed E-state index contributed by atoms with van der Waals surface area (Å²) < 4.78 is 0. The van der Waals surface area contributed by atoms with Crippen LogP contribution in [0.5, 0.6) is 0 Å². The van der Waals surface area contributed by atoms with Gasteiger partial charge in [0.1, 0.15) is 7.11 Å². The quantitative estimate of drug-likeness (QED) is 0.486. The third-order valence-corrected chi connectivity index (χ3v) is 1.60. The van der Waals surface area contributed by atoms with E-state index < -0.39 is 0 Å². The van der Waals surface area contributed by atoms with E-state index in [0.29, 0.717) is 5.92 Å². The van der Waals surface area contributed by atoms with Crippen LogP contribution >= 0.6 is 0 Å². The van der Waals surface area contributed by atoms with Gasteiger partial charge in [0, 0.05) is 5.41 Å². The summed E-state index contributed by atoms with van der Waals surface area (Å²) in [7, 11) is 1.58. The summed E-state index contributed by atoms with van der Waals surface area (Å²) >= 11 is 0. The summed E-state index contributed by atoms with van der Waals surface area (Å²) in [5, 5.41) is 4.00. The molecule has 76 valence electrons. The zero-order valence-electron chi connectivity index (χ0n) is 9.59. The summed E-state index contributed by atoms with van der Waals surface area (Å²) in [6.07, 6.45) is 4.16. The van der Waals surface area contributed by atoms with Crippen molar-refractivity contribution in [1.29, 1.82) is 0 Å². The molecule has 0 bridgehead atoms. The molecule has 0 fully saturated rings. The maximum atomic E-state index is 4.80. The molecule has 13 heavy (non-hydrogen) atoms. The SMILES string of the molecule is CO/N=C(\C=C\C(C)C)C(C)(C)C. The Kier molecular flexibility index (Phi) is 4.74. The van der Waals surface area contributed by atoms with Gasteiger partial charge in [-0.15, -0.1) is 0 Å². The first-order valence-corrected chi connectivity index (χ1v) is 4.67. The molecule has 0 saturated heterocycles. The smallest absolute Gasteiger partial charge is 0.106 e. The van der Waals surface area contributed by atoms with E-state index in [1.165, 1.54) is 0 Å². The molecule has 2 heteroatoms. The number of nitrogens with zero attached hydrogens (tertiary/aromatic N) is 1. The van der Waals surface area contributed by atoms with Gasteiger partial charge in [-0.3, -0.25) is 0 Å². The Morgan fingerprint density at radius 2 is 1.85 bits per heavy atom. The third-order valence-electron chi connectivity index (χ3n) is 1.60. The molecule has 0 aromatic carbocycles. The van der Waals surface area contributed by atoms with E-state index in [1.807, 2.05) is 6.08 Å². The minimum atomic E-state index is 0.0431. The van der Waals surface area contributed by atoms with Crippen LogP contribution < -0.4 is 0 Å². The van der Waals surface area contributed by atoms with Crippen molar-refractivity contribution < 1.29 is 4.84 Å². The highest BCUT2D eigenvalue weighted by Crippen LogP contribution is 2.17. The number of rotatable bonds is 3. The largest absolute Gasteiger partial charge is 0.399 e. The molecule has 0 aliphatic carbocycles. The van der Waals surface area contributed by atoms with Gasteiger partial charge in [-0.25, -0.2) is 0 Å². The molecule has 0 aromatic heterocycles. The van der Waals surface area contributed by atoms with Crippen molar-refractivity contribution in [3.63, 3.8) is 0 Å². The number of hydrogen-bond acceptors (Lipinski definition) is 2. The van der Waals surface area contributed by atoms with Gasteiger partial charge < -0.3 is 4.84 Å². The lowest BCUT2D eigenvalue weighted by molar-refractivity contribution is 0.209. The zero-order valence-corrected chi connectivity index (χ0v) is 9.59. The van der Waals surface area contributed by atoms with Crippen LogP contribution in [0.2, 0.25) is 0 Å². The standard InChI is InChI=1S/C11H21NO/c1-9(2)7-8-10(12-13-6)11(3,4)5/h7-9H,1-6H3/b8-7+,12-10+. The average Bonchev–Trinajstić information content (AvgIpc) is 1.95. The van der Waals surface area contributed by atoms with Crippen LogP contribution in [0.4, 0.5) is 0 Å². The minimum absolute atomic E-state index is 0.0431. The Labute approximate surface area is 81.7 Å². The second kappa shape index (κ2) is 5.05. The molecule has 0 rings (SSSR count). The van der Waals surface area contributed by atoms with E-state index in [1.54, 1.807) is 7.11 Å². The lowest BCUT2D eigenvalue weighted by atomic mass is 9.89. The van der Waals surface area contributed by atoms with Crippen LogP contribution in [0, 0.1) is 11.3 Å². The predicted molar refractivity (Wildman–Crippen MR) is 57.9 cm³/mol. The van der Waals surface area contributed by atoms with Crippen LogP contribution in [-0.4, -0.2) is 12.8 Å². The molecule has 0 unspecified atom stereocenters. The number of allylic oxidation sites excluding steroid dienone is 2. The normalized spacial score (nSPS) is 14.2. The molecule has 0 aliphatic heterocycles. The van der Waals surface area contributed by atoms with Crippen LogP contribution in [0.1, 0.15) is 34.6 Å². The van der Waals surface area contributed by atoms with Gasteiger partial charge >= 0.3 is 0 Å². The van der Waals surface area contributed by atoms with Crippen molar-refractivity contribution in [2.75, 3.05) is 7.11 Å². The second-order valence-corrected chi connectivity index (χ2v) is 4.51. The maximum absolute atomic E-state index is 4.80. The number of hydrogen-bond donors (Lipinski definition) is 0. The van der Waals surface area contributed by atoms with Crippen LogP contribution in [-0.2, 0) is 4.84 Å². The average molecular weight is 183 g/mol. The first-order valence-electron chi connectivity index (χ1n) is 4.67. The van der Waals surface area contributed by atoms with E-state index in [4.69, 9.17) is 4.84 Å². The Hall–Kier alpha value is -0.790. The molecule has 0 radical (unpaired) electrons. The van der Waals surface area contributed by atoms with Crippen molar-refractivity contribution in [3.8, 4) is 0 Å². The van der Waals surface area contributed by atoms with E-state index in [0.717, 1.165) is 5.71 Å². The summed E-state index contributed by atoms with van der Waals surface area (Å²) in [5.41, 5.74) is 1.02. The van der Waals surface area contributed by atoms with Gasteiger partial charge in [-0.1, -0.05) is 45.9 Å². The predicted octanol–water partition coefficient (Wildman–Crippen LogP) is 3.25. The van der Waals surface area contributed by atoms with Crippen molar-refractivity contribution >= 4 is 5.71 Å². The first-order chi connectivity index (χ1) is 5.88. The monoisotopic (exact) mass is 183 g/mol. The van der Waals surface area contributed by atoms with E-state index in [2.05, 4.69) is 45.9 Å². The van der Waals surface area contributed by atoms with Gasteiger partial charge in [0.05, 0.1) is 5.71 Å². The van der Waals surface area contributed by atoms with Gasteiger partial charge in [0.15, 0.2) is 0 Å². The highest BCUT2D eigenvalue weighted by Gasteiger charge is 2.16. The lowest BCUT2D eigenvalue weighted by Gasteiger charge is -2.17. The topological polar surface area (TPSA) is 21.6 Å². The summed E-state index contributed by atoms with van der Waals surface area (Å²) in [5.74, 6) is 0.546. The molecule has 2 nitrogen and oxygen atoms in total. The summed E-state index contributed by atoms with van der Waals surface area (Å²) in [6.45, 7) is 10.6. The van der Waals surface area contributed by atoms with Crippen molar-refractivity contribution in [2.45, 2.75) is 34.6 Å². The van der Waals surface area contributed by atoms with Crippen LogP contribution in [0.25, 0.3) is 0 Å². The Morgan fingerprint density at radius 1 is 1.31 bits per heavy atom. The molecule has 0 N–H and O–H groups in total. The fourth-order valence-electron chi connectivity index (χ4n) is 0.799. The molecule has 0 aliphatic rings. The van der Waals surface area contributed by atoms with E-state index in [-0.39, 0.29) is 5.41 Å². The second-order valence-electron chi connectivity index (χ2n) is 4.51. The summed E-state index contributed by atoms with van der Waals surface area (Å²) in [6, 6.07) is 0. The molecular formula is C11H21NO. The highest BCUT2D eigenvalue weighted by atomic mass is 16.6. The van der Waals surface area contributed by atoms with Gasteiger partial charge in [0.25, 0.3) is 0 Å². The van der Waals surface area contributed by atoms with Crippen molar-refractivity contribution in [2.24, 2.45) is 16.5 Å². The van der Waals surface area contributed by atoms with E-state index in [9.17, 15) is 0 Å². The molecule has 0 atom stereocenters. The van der Waals surface area contributed by atoms with Crippen molar-refractivity contribution in [1.82, 2.24) is 0 Å². The maximum Gasteiger partial charge on any atom is 0.106 e. The molecule has 0 spiro atoms. The third kappa shape index (κ3) is 5.45. The Bertz CT molecular complexity index is 197. The molecular weight excluding hydrogens is 162 g/mol. The molecule has 0 amide bonds. The van der Waals surface area contributed by atoms with E-state index >= 15 is 0 Å².